The van der Waals surface area contributed by atoms with Crippen LogP contribution in [-0.2, 0) is 0 Å². The monoisotopic (exact) mass is 253 g/mol. The molecule has 0 saturated carbocycles. The lowest BCUT2D eigenvalue weighted by Crippen LogP contribution is -1.84. The molecule has 0 aliphatic rings. The summed E-state index contributed by atoms with van der Waals surface area (Å²) in [6.45, 7) is 2.05. The first-order valence-corrected chi connectivity index (χ1v) is 6.15. The van der Waals surface area contributed by atoms with Crippen molar-refractivity contribution in [2.24, 2.45) is 0 Å². The smallest absolute Gasteiger partial charge is 0.118 e. The zero-order valence-electron chi connectivity index (χ0n) is 10.9. The standard InChI is InChI=1S/C16H15NO2/c1-10-14-9-12(18)5-8-15(14)17-16(10)11-3-6-13(19-2)7-4-11/h3-9,17-18H,1-2H3. The first-order chi connectivity index (χ1) is 9.19. The van der Waals surface area contributed by atoms with Gasteiger partial charge in [0.1, 0.15) is 11.5 Å². The van der Waals surface area contributed by atoms with Gasteiger partial charge in [-0.1, -0.05) is 0 Å². The Morgan fingerprint density at radius 2 is 1.79 bits per heavy atom. The number of phenolic OH excluding ortho intramolecular Hbond substituents is 1. The summed E-state index contributed by atoms with van der Waals surface area (Å²) >= 11 is 0. The predicted molar refractivity (Wildman–Crippen MR) is 76.7 cm³/mol. The van der Waals surface area contributed by atoms with Gasteiger partial charge in [0.2, 0.25) is 0 Å². The second-order valence-electron chi connectivity index (χ2n) is 4.58. The number of aromatic hydroxyl groups is 1. The van der Waals surface area contributed by atoms with E-state index >= 15 is 0 Å². The van der Waals surface area contributed by atoms with Crippen molar-refractivity contribution in [3.8, 4) is 22.8 Å². The van der Waals surface area contributed by atoms with Crippen molar-refractivity contribution in [1.82, 2.24) is 4.98 Å². The summed E-state index contributed by atoms with van der Waals surface area (Å²) in [7, 11) is 1.66. The predicted octanol–water partition coefficient (Wildman–Crippen LogP) is 3.86. The minimum absolute atomic E-state index is 0.288. The summed E-state index contributed by atoms with van der Waals surface area (Å²) in [4.78, 5) is 3.39. The molecule has 1 aromatic heterocycles. The summed E-state index contributed by atoms with van der Waals surface area (Å²) < 4.78 is 5.17. The SMILES string of the molecule is COc1ccc(-c2[nH]c3ccc(O)cc3c2C)cc1. The molecule has 2 aromatic carbocycles. The molecule has 0 atom stereocenters. The van der Waals surface area contributed by atoms with Gasteiger partial charge in [-0.15, -0.1) is 0 Å². The zero-order valence-corrected chi connectivity index (χ0v) is 10.9. The van der Waals surface area contributed by atoms with E-state index in [-0.39, 0.29) is 5.75 Å². The Morgan fingerprint density at radius 1 is 1.05 bits per heavy atom. The average molecular weight is 253 g/mol. The fourth-order valence-corrected chi connectivity index (χ4v) is 2.36. The van der Waals surface area contributed by atoms with E-state index in [0.717, 1.165) is 33.5 Å². The van der Waals surface area contributed by atoms with Gasteiger partial charge in [-0.25, -0.2) is 0 Å². The molecule has 0 saturated heterocycles. The fraction of sp³-hybridized carbons (Fsp3) is 0.125. The molecule has 0 unspecified atom stereocenters. The Balaban J connectivity index is 2.16. The van der Waals surface area contributed by atoms with Crippen LogP contribution in [0.2, 0.25) is 0 Å². The maximum absolute atomic E-state index is 9.57. The summed E-state index contributed by atoms with van der Waals surface area (Å²) in [5, 5.41) is 10.6. The molecule has 3 heteroatoms. The number of hydrogen-bond acceptors (Lipinski definition) is 2. The van der Waals surface area contributed by atoms with E-state index in [0.29, 0.717) is 0 Å². The van der Waals surface area contributed by atoms with Crippen LogP contribution in [0, 0.1) is 6.92 Å². The second-order valence-corrected chi connectivity index (χ2v) is 4.58. The van der Waals surface area contributed by atoms with Crippen LogP contribution in [-0.4, -0.2) is 17.2 Å². The van der Waals surface area contributed by atoms with Gasteiger partial charge >= 0.3 is 0 Å². The molecule has 0 aliphatic carbocycles. The van der Waals surface area contributed by atoms with Crippen molar-refractivity contribution in [2.45, 2.75) is 6.92 Å². The number of aromatic nitrogens is 1. The Bertz CT molecular complexity index is 726. The number of fused-ring (bicyclic) bond motifs is 1. The molecule has 19 heavy (non-hydrogen) atoms. The number of ether oxygens (including phenoxy) is 1. The van der Waals surface area contributed by atoms with Crippen LogP contribution in [0.1, 0.15) is 5.56 Å². The third kappa shape index (κ3) is 1.93. The van der Waals surface area contributed by atoms with Crippen molar-refractivity contribution >= 4 is 10.9 Å². The molecule has 2 N–H and O–H groups in total. The minimum atomic E-state index is 0.288. The van der Waals surface area contributed by atoms with E-state index in [1.807, 2.05) is 30.3 Å². The topological polar surface area (TPSA) is 45.2 Å². The van der Waals surface area contributed by atoms with E-state index in [2.05, 4.69) is 11.9 Å². The highest BCUT2D eigenvalue weighted by Gasteiger charge is 2.10. The van der Waals surface area contributed by atoms with E-state index < -0.39 is 0 Å². The molecule has 0 amide bonds. The molecular formula is C16H15NO2. The third-order valence-corrected chi connectivity index (χ3v) is 3.42. The maximum Gasteiger partial charge on any atom is 0.118 e. The number of hydrogen-bond donors (Lipinski definition) is 2. The first kappa shape index (κ1) is 11.7. The number of rotatable bonds is 2. The van der Waals surface area contributed by atoms with Gasteiger partial charge in [0.05, 0.1) is 7.11 Å². The third-order valence-electron chi connectivity index (χ3n) is 3.42. The van der Waals surface area contributed by atoms with Gasteiger partial charge in [0, 0.05) is 16.6 Å². The lowest BCUT2D eigenvalue weighted by Gasteiger charge is -2.03. The molecule has 0 radical (unpaired) electrons. The molecule has 0 fully saturated rings. The number of methoxy groups -OCH3 is 1. The van der Waals surface area contributed by atoms with Gasteiger partial charge in [0.25, 0.3) is 0 Å². The molecule has 0 bridgehead atoms. The van der Waals surface area contributed by atoms with E-state index in [9.17, 15) is 5.11 Å². The Kier molecular flexibility index (Phi) is 2.67. The summed E-state index contributed by atoms with van der Waals surface area (Å²) in [6, 6.07) is 13.3. The van der Waals surface area contributed by atoms with Gasteiger partial charge in [0.15, 0.2) is 0 Å². The molecule has 3 aromatic rings. The minimum Gasteiger partial charge on any atom is -0.508 e. The number of aryl methyl sites for hydroxylation is 1. The van der Waals surface area contributed by atoms with Crippen LogP contribution in [0.5, 0.6) is 11.5 Å². The van der Waals surface area contributed by atoms with Crippen molar-refractivity contribution in [1.29, 1.82) is 0 Å². The molecule has 0 spiro atoms. The van der Waals surface area contributed by atoms with Gasteiger partial charge in [-0.05, 0) is 60.5 Å². The fourth-order valence-electron chi connectivity index (χ4n) is 2.36. The number of H-pyrrole nitrogens is 1. The molecule has 3 nitrogen and oxygen atoms in total. The van der Waals surface area contributed by atoms with Gasteiger partial charge in [-0.2, -0.15) is 0 Å². The van der Waals surface area contributed by atoms with E-state index in [1.165, 1.54) is 0 Å². The first-order valence-electron chi connectivity index (χ1n) is 6.15. The number of aromatic amines is 1. The Labute approximate surface area is 111 Å². The number of phenols is 1. The van der Waals surface area contributed by atoms with Gasteiger partial charge in [-0.3, -0.25) is 0 Å². The van der Waals surface area contributed by atoms with Crippen molar-refractivity contribution in [2.75, 3.05) is 7.11 Å². The normalized spacial score (nSPS) is 10.8. The maximum atomic E-state index is 9.57. The quantitative estimate of drug-likeness (QED) is 0.728. The zero-order chi connectivity index (χ0) is 13.4. The van der Waals surface area contributed by atoms with Crippen LogP contribution >= 0.6 is 0 Å². The highest BCUT2D eigenvalue weighted by molar-refractivity contribution is 5.91. The van der Waals surface area contributed by atoms with E-state index in [4.69, 9.17) is 4.74 Å². The Hall–Kier alpha value is -2.42. The summed E-state index contributed by atoms with van der Waals surface area (Å²) in [5.41, 5.74) is 4.34. The average Bonchev–Trinajstić information content (AvgIpc) is 2.76. The van der Waals surface area contributed by atoms with Crippen LogP contribution in [0.15, 0.2) is 42.5 Å². The summed E-state index contributed by atoms with van der Waals surface area (Å²) in [5.74, 6) is 1.13. The van der Waals surface area contributed by atoms with Crippen LogP contribution < -0.4 is 4.74 Å². The highest BCUT2D eigenvalue weighted by atomic mass is 16.5. The van der Waals surface area contributed by atoms with Crippen molar-refractivity contribution in [3.63, 3.8) is 0 Å². The molecule has 0 aliphatic heterocycles. The largest absolute Gasteiger partial charge is 0.508 e. The van der Waals surface area contributed by atoms with Crippen LogP contribution in [0.25, 0.3) is 22.2 Å². The molecule has 96 valence electrons. The summed E-state index contributed by atoms with van der Waals surface area (Å²) in [6.07, 6.45) is 0. The molecular weight excluding hydrogens is 238 g/mol. The van der Waals surface area contributed by atoms with E-state index in [1.54, 1.807) is 19.2 Å². The van der Waals surface area contributed by atoms with Crippen LogP contribution in [0.3, 0.4) is 0 Å². The molecule has 1 heterocycles. The van der Waals surface area contributed by atoms with Crippen molar-refractivity contribution < 1.29 is 9.84 Å². The Morgan fingerprint density at radius 3 is 2.47 bits per heavy atom. The number of benzene rings is 2. The van der Waals surface area contributed by atoms with Gasteiger partial charge < -0.3 is 14.8 Å². The number of nitrogens with one attached hydrogen (secondary N) is 1. The molecule has 3 rings (SSSR count). The van der Waals surface area contributed by atoms with Crippen molar-refractivity contribution in [3.05, 3.63) is 48.0 Å². The highest BCUT2D eigenvalue weighted by Crippen LogP contribution is 2.32. The lowest BCUT2D eigenvalue weighted by molar-refractivity contribution is 0.415. The van der Waals surface area contributed by atoms with Crippen LogP contribution in [0.4, 0.5) is 0 Å². The lowest BCUT2D eigenvalue weighted by atomic mass is 10.1. The second kappa shape index (κ2) is 4.35.